The summed E-state index contributed by atoms with van der Waals surface area (Å²) in [6.45, 7) is 2.95. The minimum absolute atomic E-state index is 0.0438. The Bertz CT molecular complexity index is 718. The van der Waals surface area contributed by atoms with Crippen molar-refractivity contribution in [2.75, 3.05) is 0 Å². The van der Waals surface area contributed by atoms with Gasteiger partial charge in [0, 0.05) is 17.7 Å². The summed E-state index contributed by atoms with van der Waals surface area (Å²) in [7, 11) is -4.66. The molecule has 2 aromatic carbocycles. The van der Waals surface area contributed by atoms with Gasteiger partial charge in [-0.1, -0.05) is 24.3 Å². The van der Waals surface area contributed by atoms with E-state index in [1.54, 1.807) is 31.2 Å². The first-order valence-electron chi connectivity index (χ1n) is 5.74. The lowest BCUT2D eigenvalue weighted by atomic mass is 10.0. The Morgan fingerprint density at radius 1 is 1.20 bits per heavy atom. The van der Waals surface area contributed by atoms with E-state index in [2.05, 4.69) is 4.52 Å². The van der Waals surface area contributed by atoms with E-state index < -0.39 is 13.8 Å². The molecule has 0 heterocycles. The minimum atomic E-state index is -4.66. The third-order valence-corrected chi connectivity index (χ3v) is 3.04. The molecule has 2 aromatic rings. The monoisotopic (exact) mass is 296 g/mol. The van der Waals surface area contributed by atoms with Crippen LogP contribution in [-0.2, 0) is 9.36 Å². The van der Waals surface area contributed by atoms with E-state index in [-0.39, 0.29) is 5.75 Å². The number of esters is 1. The van der Waals surface area contributed by atoms with Gasteiger partial charge in [-0.3, -0.25) is 14.6 Å². The average molecular weight is 296 g/mol. The second kappa shape index (κ2) is 5.25. The molecule has 0 aliphatic rings. The molecule has 0 aromatic heterocycles. The van der Waals surface area contributed by atoms with Crippen LogP contribution >= 0.6 is 7.82 Å². The lowest BCUT2D eigenvalue weighted by molar-refractivity contribution is -0.131. The molecule has 2 rings (SSSR count). The summed E-state index contributed by atoms with van der Waals surface area (Å²) in [5.74, 6) is -0.0737. The first-order valence-corrected chi connectivity index (χ1v) is 7.27. The van der Waals surface area contributed by atoms with E-state index in [0.29, 0.717) is 22.1 Å². The van der Waals surface area contributed by atoms with Crippen molar-refractivity contribution in [2.45, 2.75) is 13.8 Å². The zero-order valence-corrected chi connectivity index (χ0v) is 11.8. The van der Waals surface area contributed by atoms with Crippen LogP contribution in [0.15, 0.2) is 30.3 Å². The highest BCUT2D eigenvalue weighted by Gasteiger charge is 2.20. The average Bonchev–Trinajstić information content (AvgIpc) is 2.32. The summed E-state index contributed by atoms with van der Waals surface area (Å²) < 4.78 is 20.8. The van der Waals surface area contributed by atoms with E-state index in [1.807, 2.05) is 0 Å². The zero-order valence-electron chi connectivity index (χ0n) is 10.9. The number of phosphoric acid groups is 1. The van der Waals surface area contributed by atoms with Crippen LogP contribution in [0.3, 0.4) is 0 Å². The van der Waals surface area contributed by atoms with Gasteiger partial charge in [-0.15, -0.1) is 0 Å². The Balaban J connectivity index is 2.69. The highest BCUT2D eigenvalue weighted by atomic mass is 31.2. The molecule has 0 saturated carbocycles. The molecule has 0 bridgehead atoms. The van der Waals surface area contributed by atoms with Gasteiger partial charge in [0.2, 0.25) is 0 Å². The van der Waals surface area contributed by atoms with Gasteiger partial charge >= 0.3 is 13.8 Å². The van der Waals surface area contributed by atoms with Crippen molar-refractivity contribution in [3.05, 3.63) is 35.9 Å². The first-order chi connectivity index (χ1) is 9.28. The molecule has 0 aliphatic carbocycles. The predicted octanol–water partition coefficient (Wildman–Crippen LogP) is 2.55. The number of aryl methyl sites for hydroxylation is 1. The highest BCUT2D eigenvalue weighted by molar-refractivity contribution is 7.46. The van der Waals surface area contributed by atoms with Gasteiger partial charge in [0.25, 0.3) is 0 Å². The summed E-state index contributed by atoms with van der Waals surface area (Å²) in [4.78, 5) is 29.0. The van der Waals surface area contributed by atoms with Crippen LogP contribution < -0.4 is 9.26 Å². The SMILES string of the molecule is CC(=O)Oc1c(C)cc(OP(=O)(O)O)c2ccccc12. The molecule has 0 unspecified atom stereocenters. The van der Waals surface area contributed by atoms with Crippen molar-refractivity contribution in [3.8, 4) is 11.5 Å². The predicted molar refractivity (Wildman–Crippen MR) is 72.7 cm³/mol. The van der Waals surface area contributed by atoms with Crippen LogP contribution in [0.25, 0.3) is 10.8 Å². The summed E-state index contributed by atoms with van der Waals surface area (Å²) in [6.07, 6.45) is 0. The lowest BCUT2D eigenvalue weighted by Gasteiger charge is -2.14. The Morgan fingerprint density at radius 3 is 2.35 bits per heavy atom. The second-order valence-electron chi connectivity index (χ2n) is 4.24. The van der Waals surface area contributed by atoms with Gasteiger partial charge in [-0.05, 0) is 18.6 Å². The van der Waals surface area contributed by atoms with Gasteiger partial charge in [0.15, 0.2) is 0 Å². The number of benzene rings is 2. The van der Waals surface area contributed by atoms with E-state index in [9.17, 15) is 9.36 Å². The van der Waals surface area contributed by atoms with Crippen LogP contribution in [0, 0.1) is 6.92 Å². The maximum absolute atomic E-state index is 11.1. The molecular weight excluding hydrogens is 283 g/mol. The fraction of sp³-hybridized carbons (Fsp3) is 0.154. The van der Waals surface area contributed by atoms with Crippen molar-refractivity contribution >= 4 is 24.6 Å². The number of phosphoric ester groups is 1. The Hall–Kier alpha value is -1.88. The summed E-state index contributed by atoms with van der Waals surface area (Å²) in [6, 6.07) is 8.18. The Labute approximate surface area is 115 Å². The van der Waals surface area contributed by atoms with Gasteiger partial charge in [0.1, 0.15) is 11.5 Å². The Morgan fingerprint density at radius 2 is 1.80 bits per heavy atom. The molecule has 0 saturated heterocycles. The summed E-state index contributed by atoms with van der Waals surface area (Å²) in [5, 5.41) is 1.00. The van der Waals surface area contributed by atoms with Crippen LogP contribution in [0.1, 0.15) is 12.5 Å². The number of carbonyl (C=O) groups excluding carboxylic acids is 1. The van der Waals surface area contributed by atoms with E-state index >= 15 is 0 Å². The van der Waals surface area contributed by atoms with Gasteiger partial charge in [-0.25, -0.2) is 4.57 Å². The van der Waals surface area contributed by atoms with Gasteiger partial charge in [0.05, 0.1) is 0 Å². The molecule has 0 aliphatic heterocycles. The largest absolute Gasteiger partial charge is 0.524 e. The Kier molecular flexibility index (Phi) is 3.81. The molecule has 0 amide bonds. The van der Waals surface area contributed by atoms with E-state index in [4.69, 9.17) is 14.5 Å². The minimum Gasteiger partial charge on any atom is -0.426 e. The zero-order chi connectivity index (χ0) is 14.9. The maximum atomic E-state index is 11.1. The van der Waals surface area contributed by atoms with E-state index in [1.165, 1.54) is 13.0 Å². The highest BCUT2D eigenvalue weighted by Crippen LogP contribution is 2.44. The van der Waals surface area contributed by atoms with Crippen LogP contribution in [0.4, 0.5) is 0 Å². The molecule has 0 spiro atoms. The number of carbonyl (C=O) groups is 1. The van der Waals surface area contributed by atoms with Crippen molar-refractivity contribution in [3.63, 3.8) is 0 Å². The van der Waals surface area contributed by atoms with Gasteiger partial charge in [-0.2, -0.15) is 0 Å². The van der Waals surface area contributed by atoms with Crippen LogP contribution in [0.2, 0.25) is 0 Å². The topological polar surface area (TPSA) is 93.1 Å². The third kappa shape index (κ3) is 3.17. The van der Waals surface area contributed by atoms with Crippen molar-refractivity contribution < 1.29 is 28.4 Å². The normalized spacial score (nSPS) is 11.4. The molecular formula is C13H13O6P. The molecule has 6 nitrogen and oxygen atoms in total. The standard InChI is InChI=1S/C13H13O6P/c1-8-7-12(19-20(15,16)17)10-5-3-4-6-11(10)13(8)18-9(2)14/h3-7H,1-2H3,(H2,15,16,17). The molecule has 0 atom stereocenters. The number of fused-ring (bicyclic) bond motifs is 1. The first kappa shape index (κ1) is 14.5. The molecule has 0 fully saturated rings. The molecule has 2 N–H and O–H groups in total. The number of rotatable bonds is 3. The molecule has 106 valence electrons. The van der Waals surface area contributed by atoms with E-state index in [0.717, 1.165) is 0 Å². The third-order valence-electron chi connectivity index (χ3n) is 2.61. The van der Waals surface area contributed by atoms with Crippen LogP contribution in [0.5, 0.6) is 11.5 Å². The molecule has 7 heteroatoms. The number of ether oxygens (including phenoxy) is 1. The van der Waals surface area contributed by atoms with Gasteiger partial charge < -0.3 is 9.26 Å². The summed E-state index contributed by atoms with van der Waals surface area (Å²) >= 11 is 0. The van der Waals surface area contributed by atoms with Crippen LogP contribution in [-0.4, -0.2) is 15.8 Å². The number of hydrogen-bond acceptors (Lipinski definition) is 4. The second-order valence-corrected chi connectivity index (χ2v) is 5.41. The smallest absolute Gasteiger partial charge is 0.426 e. The number of hydrogen-bond donors (Lipinski definition) is 2. The fourth-order valence-electron chi connectivity index (χ4n) is 1.93. The van der Waals surface area contributed by atoms with Crippen molar-refractivity contribution in [1.29, 1.82) is 0 Å². The fourth-order valence-corrected chi connectivity index (χ4v) is 2.34. The molecule has 0 radical (unpaired) electrons. The summed E-state index contributed by atoms with van der Waals surface area (Å²) in [5.41, 5.74) is 0.544. The van der Waals surface area contributed by atoms with Crippen molar-refractivity contribution in [2.24, 2.45) is 0 Å². The lowest BCUT2D eigenvalue weighted by Crippen LogP contribution is -2.04. The maximum Gasteiger partial charge on any atom is 0.524 e. The quantitative estimate of drug-likeness (QED) is 0.513. The van der Waals surface area contributed by atoms with Crippen molar-refractivity contribution in [1.82, 2.24) is 0 Å². The molecule has 20 heavy (non-hydrogen) atoms.